The minimum atomic E-state index is -0.910. The van der Waals surface area contributed by atoms with Gasteiger partial charge in [-0.05, 0) is 40.0 Å². The Morgan fingerprint density at radius 1 is 1.58 bits per heavy atom. The molecule has 0 aliphatic rings. The molecule has 1 rings (SSSR count). The lowest BCUT2D eigenvalue weighted by Gasteiger charge is -2.22. The molecule has 0 saturated heterocycles. The van der Waals surface area contributed by atoms with Crippen LogP contribution in [0.4, 0.5) is 0 Å². The molecule has 108 valence electrons. The molecule has 1 unspecified atom stereocenters. The molecule has 1 atom stereocenters. The van der Waals surface area contributed by atoms with Crippen LogP contribution in [0.25, 0.3) is 0 Å². The van der Waals surface area contributed by atoms with E-state index >= 15 is 0 Å². The molecule has 0 bridgehead atoms. The Balaban J connectivity index is 2.34. The van der Waals surface area contributed by atoms with Crippen LogP contribution in [0.15, 0.2) is 6.20 Å². The topological polar surface area (TPSA) is 70.1 Å². The van der Waals surface area contributed by atoms with Crippen molar-refractivity contribution < 1.29 is 9.53 Å². The highest BCUT2D eigenvalue weighted by molar-refractivity contribution is 6.31. The largest absolute Gasteiger partial charge is 0.465 e. The van der Waals surface area contributed by atoms with Crippen molar-refractivity contribution in [2.75, 3.05) is 6.61 Å². The van der Waals surface area contributed by atoms with Crippen molar-refractivity contribution >= 4 is 17.6 Å². The zero-order valence-corrected chi connectivity index (χ0v) is 12.5. The van der Waals surface area contributed by atoms with Crippen LogP contribution < -0.4 is 5.73 Å². The molecule has 19 heavy (non-hydrogen) atoms. The van der Waals surface area contributed by atoms with Gasteiger partial charge >= 0.3 is 5.97 Å². The summed E-state index contributed by atoms with van der Waals surface area (Å²) in [5, 5.41) is 4.85. The van der Waals surface area contributed by atoms with Gasteiger partial charge in [-0.2, -0.15) is 5.10 Å². The van der Waals surface area contributed by atoms with Crippen molar-refractivity contribution in [3.63, 3.8) is 0 Å². The lowest BCUT2D eigenvalue weighted by atomic mass is 9.96. The van der Waals surface area contributed by atoms with Crippen LogP contribution in [0.1, 0.15) is 38.8 Å². The van der Waals surface area contributed by atoms with E-state index in [9.17, 15) is 4.79 Å². The van der Waals surface area contributed by atoms with Crippen molar-refractivity contribution in [2.45, 2.75) is 52.1 Å². The summed E-state index contributed by atoms with van der Waals surface area (Å²) in [5.74, 6) is -0.340. The molecule has 1 aromatic heterocycles. The second kappa shape index (κ2) is 6.91. The predicted octanol–water partition coefficient (Wildman–Crippen LogP) is 2.30. The summed E-state index contributed by atoms with van der Waals surface area (Å²) in [6.07, 6.45) is 3.97. The molecule has 0 spiro atoms. The number of unbranched alkanes of at least 4 members (excludes halogenated alkanes) is 1. The van der Waals surface area contributed by atoms with Crippen molar-refractivity contribution in [3.05, 3.63) is 16.9 Å². The van der Waals surface area contributed by atoms with Crippen LogP contribution in [0, 0.1) is 6.92 Å². The normalized spacial score (nSPS) is 14.2. The fourth-order valence-corrected chi connectivity index (χ4v) is 1.94. The Morgan fingerprint density at radius 3 is 2.79 bits per heavy atom. The van der Waals surface area contributed by atoms with Gasteiger partial charge in [0.1, 0.15) is 5.54 Å². The highest BCUT2D eigenvalue weighted by Crippen LogP contribution is 2.16. The number of carbonyl (C=O) groups excluding carboxylic acids is 1. The first kappa shape index (κ1) is 16.0. The highest BCUT2D eigenvalue weighted by Gasteiger charge is 2.29. The summed E-state index contributed by atoms with van der Waals surface area (Å²) in [5.41, 5.74) is 5.99. The number of nitrogens with zero attached hydrogens (tertiary/aromatic N) is 2. The molecule has 1 aromatic rings. The fourth-order valence-electron chi connectivity index (χ4n) is 1.80. The average Bonchev–Trinajstić information content (AvgIpc) is 2.66. The van der Waals surface area contributed by atoms with Crippen LogP contribution in [0.3, 0.4) is 0 Å². The first-order valence-corrected chi connectivity index (χ1v) is 6.90. The number of esters is 1. The molecular weight excluding hydrogens is 266 g/mol. The number of hydrogen-bond acceptors (Lipinski definition) is 4. The van der Waals surface area contributed by atoms with Crippen LogP contribution >= 0.6 is 11.6 Å². The first-order valence-electron chi connectivity index (χ1n) is 6.52. The van der Waals surface area contributed by atoms with Crippen molar-refractivity contribution in [1.29, 1.82) is 0 Å². The minimum absolute atomic E-state index is 0.340. The van der Waals surface area contributed by atoms with E-state index in [0.29, 0.717) is 18.1 Å². The Hall–Kier alpha value is -1.07. The summed E-state index contributed by atoms with van der Waals surface area (Å²) < 4.78 is 6.81. The van der Waals surface area contributed by atoms with Gasteiger partial charge < -0.3 is 10.5 Å². The molecule has 0 saturated carbocycles. The average molecular weight is 288 g/mol. The third-order valence-corrected chi connectivity index (χ3v) is 3.47. The molecule has 0 amide bonds. The molecule has 5 nitrogen and oxygen atoms in total. The van der Waals surface area contributed by atoms with Gasteiger partial charge in [0.2, 0.25) is 0 Å². The summed E-state index contributed by atoms with van der Waals surface area (Å²) in [6.45, 7) is 6.55. The number of carbonyl (C=O) groups is 1. The standard InChI is InChI=1S/C13H22ClN3O2/c1-4-19-12(18)13(3,15)7-5-6-8-17-10(2)11(14)9-16-17/h9H,4-8,15H2,1-3H3. The van der Waals surface area contributed by atoms with E-state index in [1.165, 1.54) is 0 Å². The van der Waals surface area contributed by atoms with Gasteiger partial charge in [0, 0.05) is 6.54 Å². The van der Waals surface area contributed by atoms with Crippen LogP contribution in [-0.2, 0) is 16.1 Å². The molecular formula is C13H22ClN3O2. The summed E-state index contributed by atoms with van der Waals surface area (Å²) in [4.78, 5) is 11.6. The molecule has 0 fully saturated rings. The molecule has 0 aliphatic heterocycles. The quantitative estimate of drug-likeness (QED) is 0.617. The lowest BCUT2D eigenvalue weighted by Crippen LogP contribution is -2.46. The SMILES string of the molecule is CCOC(=O)C(C)(N)CCCCn1ncc(Cl)c1C. The molecule has 2 N–H and O–H groups in total. The monoisotopic (exact) mass is 287 g/mol. The van der Waals surface area contributed by atoms with E-state index in [2.05, 4.69) is 5.10 Å². The van der Waals surface area contributed by atoms with Gasteiger partial charge in [-0.1, -0.05) is 11.6 Å². The third-order valence-electron chi connectivity index (χ3n) is 3.10. The summed E-state index contributed by atoms with van der Waals surface area (Å²) in [7, 11) is 0. The Morgan fingerprint density at radius 2 is 2.26 bits per heavy atom. The van der Waals surface area contributed by atoms with E-state index in [1.807, 2.05) is 11.6 Å². The van der Waals surface area contributed by atoms with E-state index in [4.69, 9.17) is 22.1 Å². The molecule has 0 aliphatic carbocycles. The van der Waals surface area contributed by atoms with Gasteiger partial charge in [0.15, 0.2) is 0 Å². The third kappa shape index (κ3) is 4.51. The molecule has 0 aromatic carbocycles. The van der Waals surface area contributed by atoms with Crippen LogP contribution in [0.2, 0.25) is 5.02 Å². The predicted molar refractivity (Wildman–Crippen MR) is 75.1 cm³/mol. The number of halogens is 1. The van der Waals surface area contributed by atoms with Gasteiger partial charge in [-0.3, -0.25) is 9.48 Å². The van der Waals surface area contributed by atoms with Crippen LogP contribution in [0.5, 0.6) is 0 Å². The Labute approximate surface area is 119 Å². The van der Waals surface area contributed by atoms with Crippen LogP contribution in [-0.4, -0.2) is 27.9 Å². The zero-order valence-electron chi connectivity index (χ0n) is 11.8. The Bertz CT molecular complexity index is 430. The maximum Gasteiger partial charge on any atom is 0.325 e. The molecule has 0 radical (unpaired) electrons. The summed E-state index contributed by atoms with van der Waals surface area (Å²) in [6, 6.07) is 0. The zero-order chi connectivity index (χ0) is 14.5. The minimum Gasteiger partial charge on any atom is -0.465 e. The maximum atomic E-state index is 11.6. The fraction of sp³-hybridized carbons (Fsp3) is 0.692. The highest BCUT2D eigenvalue weighted by atomic mass is 35.5. The van der Waals surface area contributed by atoms with E-state index < -0.39 is 5.54 Å². The summed E-state index contributed by atoms with van der Waals surface area (Å²) >= 11 is 5.93. The van der Waals surface area contributed by atoms with E-state index in [0.717, 1.165) is 25.1 Å². The smallest absolute Gasteiger partial charge is 0.325 e. The van der Waals surface area contributed by atoms with E-state index in [1.54, 1.807) is 20.0 Å². The van der Waals surface area contributed by atoms with Gasteiger partial charge in [0.25, 0.3) is 0 Å². The second-order valence-corrected chi connectivity index (χ2v) is 5.30. The Kier molecular flexibility index (Phi) is 5.82. The maximum absolute atomic E-state index is 11.6. The molecule has 6 heteroatoms. The number of aryl methyl sites for hydroxylation is 1. The first-order chi connectivity index (χ1) is 8.88. The lowest BCUT2D eigenvalue weighted by molar-refractivity contribution is -0.149. The van der Waals surface area contributed by atoms with Gasteiger partial charge in [-0.25, -0.2) is 0 Å². The number of hydrogen-bond donors (Lipinski definition) is 1. The number of nitrogens with two attached hydrogens (primary N) is 1. The second-order valence-electron chi connectivity index (χ2n) is 4.90. The number of rotatable bonds is 7. The number of aromatic nitrogens is 2. The van der Waals surface area contributed by atoms with Crippen molar-refractivity contribution in [1.82, 2.24) is 9.78 Å². The molecule has 1 heterocycles. The van der Waals surface area contributed by atoms with Gasteiger partial charge in [-0.15, -0.1) is 0 Å². The number of ether oxygens (including phenoxy) is 1. The van der Waals surface area contributed by atoms with Crippen molar-refractivity contribution in [2.24, 2.45) is 5.73 Å². The van der Waals surface area contributed by atoms with E-state index in [-0.39, 0.29) is 5.97 Å². The van der Waals surface area contributed by atoms with Gasteiger partial charge in [0.05, 0.1) is 23.5 Å². The van der Waals surface area contributed by atoms with Crippen molar-refractivity contribution in [3.8, 4) is 0 Å².